The molecule has 0 aliphatic rings. The standard InChI is InChI=1S/C18H18N4/c1-14-11-16-18(20-13-14)22(10-6-5-9-19)17(21-16)12-15-7-3-2-4-8-15/h2-4,7-8,11,13H,5-6,10,12H2,1H3. The smallest absolute Gasteiger partial charge is 0.160 e. The highest BCUT2D eigenvalue weighted by Crippen LogP contribution is 2.18. The average Bonchev–Trinajstić information content (AvgIpc) is 2.85. The summed E-state index contributed by atoms with van der Waals surface area (Å²) in [5, 5.41) is 8.76. The molecule has 4 nitrogen and oxygen atoms in total. The largest absolute Gasteiger partial charge is 0.312 e. The summed E-state index contributed by atoms with van der Waals surface area (Å²) in [4.78, 5) is 9.30. The molecule has 4 heteroatoms. The van der Waals surface area contributed by atoms with Gasteiger partial charge in [0.15, 0.2) is 5.65 Å². The predicted octanol–water partition coefficient (Wildman–Crippen LogP) is 3.63. The maximum atomic E-state index is 8.76. The van der Waals surface area contributed by atoms with E-state index in [1.807, 2.05) is 31.3 Å². The second-order valence-corrected chi connectivity index (χ2v) is 5.46. The van der Waals surface area contributed by atoms with E-state index in [1.165, 1.54) is 5.56 Å². The monoisotopic (exact) mass is 290 g/mol. The molecule has 0 fully saturated rings. The maximum absolute atomic E-state index is 8.76. The van der Waals surface area contributed by atoms with Gasteiger partial charge in [0.2, 0.25) is 0 Å². The quantitative estimate of drug-likeness (QED) is 0.674. The molecule has 0 aliphatic heterocycles. The second-order valence-electron chi connectivity index (χ2n) is 5.46. The molecule has 2 heterocycles. The SMILES string of the molecule is Cc1cnc2c(c1)nc(Cc1ccccc1)n2CCCC#N. The third kappa shape index (κ3) is 2.99. The van der Waals surface area contributed by atoms with Crippen molar-refractivity contribution in [1.29, 1.82) is 5.26 Å². The summed E-state index contributed by atoms with van der Waals surface area (Å²) in [6.45, 7) is 2.81. The predicted molar refractivity (Wildman–Crippen MR) is 86.4 cm³/mol. The molecule has 0 atom stereocenters. The summed E-state index contributed by atoms with van der Waals surface area (Å²) in [5.74, 6) is 1.01. The average molecular weight is 290 g/mol. The molecule has 0 spiro atoms. The Morgan fingerprint density at radius 2 is 2.05 bits per heavy atom. The Balaban J connectivity index is 1.99. The number of imidazole rings is 1. The number of hydrogen-bond acceptors (Lipinski definition) is 3. The zero-order valence-corrected chi connectivity index (χ0v) is 12.7. The first kappa shape index (κ1) is 14.3. The van der Waals surface area contributed by atoms with Gasteiger partial charge in [-0.3, -0.25) is 0 Å². The van der Waals surface area contributed by atoms with Crippen molar-refractivity contribution in [2.75, 3.05) is 0 Å². The second kappa shape index (κ2) is 6.40. The number of nitrogens with zero attached hydrogens (tertiary/aromatic N) is 4. The van der Waals surface area contributed by atoms with Crippen molar-refractivity contribution in [3.8, 4) is 6.07 Å². The Hall–Kier alpha value is -2.67. The van der Waals surface area contributed by atoms with Gasteiger partial charge in [-0.15, -0.1) is 0 Å². The van der Waals surface area contributed by atoms with E-state index in [4.69, 9.17) is 10.2 Å². The minimum atomic E-state index is 0.552. The number of benzene rings is 1. The van der Waals surface area contributed by atoms with Crippen LogP contribution in [0, 0.1) is 18.3 Å². The molecule has 22 heavy (non-hydrogen) atoms. The van der Waals surface area contributed by atoms with Gasteiger partial charge in [-0.05, 0) is 30.5 Å². The first-order valence-corrected chi connectivity index (χ1v) is 7.50. The van der Waals surface area contributed by atoms with Crippen molar-refractivity contribution >= 4 is 11.2 Å². The van der Waals surface area contributed by atoms with Gasteiger partial charge in [0.1, 0.15) is 11.3 Å². The van der Waals surface area contributed by atoms with Gasteiger partial charge in [-0.2, -0.15) is 5.26 Å². The summed E-state index contributed by atoms with van der Waals surface area (Å²) in [7, 11) is 0. The number of unbranched alkanes of at least 4 members (excludes halogenated alkanes) is 1. The summed E-state index contributed by atoms with van der Waals surface area (Å²) >= 11 is 0. The lowest BCUT2D eigenvalue weighted by atomic mass is 10.1. The van der Waals surface area contributed by atoms with Crippen LogP contribution in [0.2, 0.25) is 0 Å². The molecular weight excluding hydrogens is 272 g/mol. The van der Waals surface area contributed by atoms with Crippen LogP contribution in [-0.2, 0) is 13.0 Å². The fourth-order valence-electron chi connectivity index (χ4n) is 2.62. The van der Waals surface area contributed by atoms with Crippen LogP contribution in [0.4, 0.5) is 0 Å². The molecule has 2 aromatic heterocycles. The van der Waals surface area contributed by atoms with Gasteiger partial charge in [-0.25, -0.2) is 9.97 Å². The van der Waals surface area contributed by atoms with Crippen LogP contribution in [-0.4, -0.2) is 14.5 Å². The first-order chi connectivity index (χ1) is 10.8. The summed E-state index contributed by atoms with van der Waals surface area (Å²) < 4.78 is 2.15. The highest BCUT2D eigenvalue weighted by atomic mass is 15.1. The van der Waals surface area contributed by atoms with Crippen molar-refractivity contribution in [1.82, 2.24) is 14.5 Å². The Labute approximate surface area is 130 Å². The van der Waals surface area contributed by atoms with E-state index in [1.54, 1.807) is 0 Å². The molecule has 1 aromatic carbocycles. The van der Waals surface area contributed by atoms with Gasteiger partial charge in [0.05, 0.1) is 6.07 Å². The highest BCUT2D eigenvalue weighted by Gasteiger charge is 2.12. The molecule has 0 N–H and O–H groups in total. The molecule has 0 saturated heterocycles. The van der Waals surface area contributed by atoms with Crippen LogP contribution in [0.15, 0.2) is 42.6 Å². The van der Waals surface area contributed by atoms with Crippen molar-refractivity contribution in [2.24, 2.45) is 0 Å². The minimum absolute atomic E-state index is 0.552. The highest BCUT2D eigenvalue weighted by molar-refractivity contribution is 5.72. The molecule has 3 rings (SSSR count). The van der Waals surface area contributed by atoms with Crippen LogP contribution >= 0.6 is 0 Å². The molecule has 0 bridgehead atoms. The van der Waals surface area contributed by atoms with E-state index >= 15 is 0 Å². The van der Waals surface area contributed by atoms with E-state index in [2.05, 4.69) is 33.8 Å². The van der Waals surface area contributed by atoms with Gasteiger partial charge < -0.3 is 4.57 Å². The number of pyridine rings is 1. The number of aryl methyl sites for hydroxylation is 2. The fourth-order valence-corrected chi connectivity index (χ4v) is 2.62. The van der Waals surface area contributed by atoms with Crippen molar-refractivity contribution in [3.05, 3.63) is 59.5 Å². The van der Waals surface area contributed by atoms with Gasteiger partial charge >= 0.3 is 0 Å². The normalized spacial score (nSPS) is 10.7. The Morgan fingerprint density at radius 3 is 2.82 bits per heavy atom. The zero-order chi connectivity index (χ0) is 15.4. The van der Waals surface area contributed by atoms with Gasteiger partial charge in [0, 0.05) is 25.6 Å². The van der Waals surface area contributed by atoms with Crippen molar-refractivity contribution < 1.29 is 0 Å². The van der Waals surface area contributed by atoms with Crippen LogP contribution < -0.4 is 0 Å². The third-order valence-electron chi connectivity index (χ3n) is 3.68. The summed E-state index contributed by atoms with van der Waals surface area (Å²) in [6, 6.07) is 14.6. The van der Waals surface area contributed by atoms with E-state index < -0.39 is 0 Å². The molecular formula is C18H18N4. The number of fused-ring (bicyclic) bond motifs is 1. The number of rotatable bonds is 5. The van der Waals surface area contributed by atoms with Crippen LogP contribution in [0.25, 0.3) is 11.2 Å². The minimum Gasteiger partial charge on any atom is -0.312 e. The molecule has 3 aromatic rings. The van der Waals surface area contributed by atoms with Crippen LogP contribution in [0.3, 0.4) is 0 Å². The maximum Gasteiger partial charge on any atom is 0.160 e. The Kier molecular flexibility index (Phi) is 4.15. The Bertz CT molecular complexity index is 812. The zero-order valence-electron chi connectivity index (χ0n) is 12.7. The lowest BCUT2D eigenvalue weighted by Crippen LogP contribution is -2.05. The molecule has 0 saturated carbocycles. The van der Waals surface area contributed by atoms with E-state index in [-0.39, 0.29) is 0 Å². The topological polar surface area (TPSA) is 54.5 Å². The van der Waals surface area contributed by atoms with Crippen molar-refractivity contribution in [2.45, 2.75) is 32.7 Å². The Morgan fingerprint density at radius 1 is 1.23 bits per heavy atom. The molecule has 0 amide bonds. The first-order valence-electron chi connectivity index (χ1n) is 7.50. The number of hydrogen-bond donors (Lipinski definition) is 0. The summed E-state index contributed by atoms with van der Waals surface area (Å²) in [6.07, 6.45) is 4.02. The molecule has 0 aliphatic carbocycles. The van der Waals surface area contributed by atoms with Gasteiger partial charge in [0.25, 0.3) is 0 Å². The number of nitriles is 1. The van der Waals surface area contributed by atoms with E-state index in [9.17, 15) is 0 Å². The van der Waals surface area contributed by atoms with Crippen LogP contribution in [0.1, 0.15) is 29.8 Å². The molecule has 0 unspecified atom stereocenters. The van der Waals surface area contributed by atoms with E-state index in [0.29, 0.717) is 6.42 Å². The third-order valence-corrected chi connectivity index (χ3v) is 3.68. The lowest BCUT2D eigenvalue weighted by molar-refractivity contribution is 0.637. The summed E-state index contributed by atoms with van der Waals surface area (Å²) in [5.41, 5.74) is 4.19. The lowest BCUT2D eigenvalue weighted by Gasteiger charge is -2.07. The van der Waals surface area contributed by atoms with Crippen LogP contribution in [0.5, 0.6) is 0 Å². The molecule has 110 valence electrons. The fraction of sp³-hybridized carbons (Fsp3) is 0.278. The van der Waals surface area contributed by atoms with E-state index in [0.717, 1.165) is 41.9 Å². The number of aromatic nitrogens is 3. The van der Waals surface area contributed by atoms with Crippen molar-refractivity contribution in [3.63, 3.8) is 0 Å². The van der Waals surface area contributed by atoms with Gasteiger partial charge in [-0.1, -0.05) is 30.3 Å². The molecule has 0 radical (unpaired) electrons.